The number of hydrogen-bond acceptors (Lipinski definition) is 3. The summed E-state index contributed by atoms with van der Waals surface area (Å²) < 4.78 is 0. The highest BCUT2D eigenvalue weighted by Gasteiger charge is 2.28. The summed E-state index contributed by atoms with van der Waals surface area (Å²) in [4.78, 5) is 14.3. The van der Waals surface area contributed by atoms with E-state index in [-0.39, 0.29) is 5.91 Å². The van der Waals surface area contributed by atoms with E-state index in [4.69, 9.17) is 17.3 Å². The largest absolute Gasteiger partial charge is 0.329 e. The van der Waals surface area contributed by atoms with Crippen LogP contribution in [0, 0.1) is 5.92 Å². The minimum atomic E-state index is -0.000118. The lowest BCUT2D eigenvalue weighted by molar-refractivity contribution is -0.118. The van der Waals surface area contributed by atoms with E-state index in [9.17, 15) is 4.79 Å². The van der Waals surface area contributed by atoms with E-state index in [1.807, 2.05) is 0 Å². The number of piperidine rings is 1. The fourth-order valence-corrected chi connectivity index (χ4v) is 2.96. The zero-order valence-corrected chi connectivity index (χ0v) is 12.6. The lowest BCUT2D eigenvalue weighted by Gasteiger charge is -2.38. The number of nitrogens with one attached hydrogen (secondary N) is 1. The van der Waals surface area contributed by atoms with Crippen molar-refractivity contribution in [2.24, 2.45) is 11.7 Å². The maximum atomic E-state index is 12.1. The van der Waals surface area contributed by atoms with Gasteiger partial charge >= 0.3 is 0 Å². The highest BCUT2D eigenvalue weighted by molar-refractivity contribution is 6.30. The molecule has 3 N–H and O–H groups in total. The summed E-state index contributed by atoms with van der Waals surface area (Å²) in [5, 5.41) is 3.56. The SMILES string of the molecule is CC1CCCN(CC(=O)Nc2ccc(Cl)cc2)C1CN. The summed E-state index contributed by atoms with van der Waals surface area (Å²) in [5.74, 6) is 0.553. The summed E-state index contributed by atoms with van der Waals surface area (Å²) in [7, 11) is 0. The first-order valence-electron chi connectivity index (χ1n) is 7.09. The Morgan fingerprint density at radius 2 is 2.15 bits per heavy atom. The summed E-state index contributed by atoms with van der Waals surface area (Å²) in [6.45, 7) is 4.16. The molecule has 4 nitrogen and oxygen atoms in total. The first kappa shape index (κ1) is 15.3. The molecule has 2 atom stereocenters. The average Bonchev–Trinajstić information content (AvgIpc) is 2.42. The third-order valence-electron chi connectivity index (χ3n) is 3.95. The van der Waals surface area contributed by atoms with Crippen molar-refractivity contribution in [3.63, 3.8) is 0 Å². The number of likely N-dealkylation sites (tertiary alicyclic amines) is 1. The molecule has 1 saturated heterocycles. The van der Waals surface area contributed by atoms with Crippen molar-refractivity contribution in [2.75, 3.05) is 25.0 Å². The number of carbonyl (C=O) groups excluding carboxylic acids is 1. The Hall–Kier alpha value is -1.10. The summed E-state index contributed by atoms with van der Waals surface area (Å²) in [6.07, 6.45) is 2.32. The maximum Gasteiger partial charge on any atom is 0.238 e. The van der Waals surface area contributed by atoms with Crippen LogP contribution in [0.25, 0.3) is 0 Å². The molecule has 0 saturated carbocycles. The van der Waals surface area contributed by atoms with E-state index in [2.05, 4.69) is 17.1 Å². The third kappa shape index (κ3) is 3.95. The molecule has 5 heteroatoms. The van der Waals surface area contributed by atoms with Crippen LogP contribution in [0.1, 0.15) is 19.8 Å². The highest BCUT2D eigenvalue weighted by atomic mass is 35.5. The molecular formula is C15H22ClN3O. The number of nitrogens with zero attached hydrogens (tertiary/aromatic N) is 1. The van der Waals surface area contributed by atoms with Crippen LogP contribution in [-0.2, 0) is 4.79 Å². The third-order valence-corrected chi connectivity index (χ3v) is 4.20. The van der Waals surface area contributed by atoms with Crippen molar-refractivity contribution in [3.8, 4) is 0 Å². The normalized spacial score (nSPS) is 23.6. The van der Waals surface area contributed by atoms with Crippen molar-refractivity contribution in [1.82, 2.24) is 4.90 Å². The molecule has 0 bridgehead atoms. The second-order valence-corrected chi connectivity index (χ2v) is 5.88. The Balaban J connectivity index is 1.91. The number of halogens is 1. The molecule has 1 aromatic rings. The molecule has 2 rings (SSSR count). The van der Waals surface area contributed by atoms with Crippen molar-refractivity contribution >= 4 is 23.2 Å². The Morgan fingerprint density at radius 1 is 1.45 bits per heavy atom. The van der Waals surface area contributed by atoms with Crippen LogP contribution in [0.5, 0.6) is 0 Å². The Bertz CT molecular complexity index is 449. The van der Waals surface area contributed by atoms with Gasteiger partial charge < -0.3 is 11.1 Å². The van der Waals surface area contributed by atoms with Crippen molar-refractivity contribution < 1.29 is 4.79 Å². The van der Waals surface area contributed by atoms with E-state index < -0.39 is 0 Å². The zero-order chi connectivity index (χ0) is 14.5. The molecule has 1 fully saturated rings. The van der Waals surface area contributed by atoms with Crippen LogP contribution in [0.15, 0.2) is 24.3 Å². The van der Waals surface area contributed by atoms with Gasteiger partial charge in [0.25, 0.3) is 0 Å². The van der Waals surface area contributed by atoms with Gasteiger partial charge in [-0.05, 0) is 49.6 Å². The van der Waals surface area contributed by atoms with Gasteiger partial charge in [0.2, 0.25) is 5.91 Å². The van der Waals surface area contributed by atoms with Gasteiger partial charge in [-0.3, -0.25) is 9.69 Å². The first-order valence-corrected chi connectivity index (χ1v) is 7.47. The van der Waals surface area contributed by atoms with E-state index in [1.54, 1.807) is 24.3 Å². The number of amides is 1. The number of anilines is 1. The van der Waals surface area contributed by atoms with Crippen molar-refractivity contribution in [2.45, 2.75) is 25.8 Å². The van der Waals surface area contributed by atoms with Gasteiger partial charge in [-0.1, -0.05) is 18.5 Å². The Morgan fingerprint density at radius 3 is 2.80 bits per heavy atom. The predicted molar refractivity (Wildman–Crippen MR) is 82.9 cm³/mol. The highest BCUT2D eigenvalue weighted by Crippen LogP contribution is 2.22. The van der Waals surface area contributed by atoms with Crippen LogP contribution in [-0.4, -0.2) is 36.5 Å². The summed E-state index contributed by atoms with van der Waals surface area (Å²) in [6, 6.07) is 7.45. The Labute approximate surface area is 125 Å². The van der Waals surface area contributed by atoms with Gasteiger partial charge in [0, 0.05) is 23.3 Å². The van der Waals surface area contributed by atoms with Gasteiger partial charge in [0.15, 0.2) is 0 Å². The fraction of sp³-hybridized carbons (Fsp3) is 0.533. The predicted octanol–water partition coefficient (Wildman–Crippen LogP) is 2.34. The molecule has 2 unspecified atom stereocenters. The van der Waals surface area contributed by atoms with Gasteiger partial charge in [-0.15, -0.1) is 0 Å². The molecule has 20 heavy (non-hydrogen) atoms. The fourth-order valence-electron chi connectivity index (χ4n) is 2.83. The molecule has 1 aliphatic rings. The summed E-state index contributed by atoms with van der Waals surface area (Å²) >= 11 is 5.82. The smallest absolute Gasteiger partial charge is 0.238 e. The number of rotatable bonds is 4. The van der Waals surface area contributed by atoms with Crippen LogP contribution in [0.3, 0.4) is 0 Å². The van der Waals surface area contributed by atoms with Crippen molar-refractivity contribution in [1.29, 1.82) is 0 Å². The van der Waals surface area contributed by atoms with E-state index >= 15 is 0 Å². The van der Waals surface area contributed by atoms with Crippen molar-refractivity contribution in [3.05, 3.63) is 29.3 Å². The molecule has 0 aliphatic carbocycles. The van der Waals surface area contributed by atoms with E-state index in [0.29, 0.717) is 30.1 Å². The second kappa shape index (κ2) is 7.07. The maximum absolute atomic E-state index is 12.1. The molecule has 0 aromatic heterocycles. The van der Waals surface area contributed by atoms with Gasteiger partial charge in [0.1, 0.15) is 0 Å². The van der Waals surface area contributed by atoms with Gasteiger partial charge in [-0.2, -0.15) is 0 Å². The molecule has 110 valence electrons. The molecular weight excluding hydrogens is 274 g/mol. The first-order chi connectivity index (χ1) is 9.60. The number of carbonyl (C=O) groups is 1. The van der Waals surface area contributed by atoms with Crippen LogP contribution >= 0.6 is 11.6 Å². The lowest BCUT2D eigenvalue weighted by atomic mass is 9.91. The average molecular weight is 296 g/mol. The van der Waals surface area contributed by atoms with Gasteiger partial charge in [0.05, 0.1) is 6.54 Å². The van der Waals surface area contributed by atoms with Gasteiger partial charge in [-0.25, -0.2) is 0 Å². The molecule has 0 radical (unpaired) electrons. The molecule has 0 spiro atoms. The second-order valence-electron chi connectivity index (χ2n) is 5.45. The Kier molecular flexibility index (Phi) is 5.40. The number of nitrogens with two attached hydrogens (primary N) is 1. The zero-order valence-electron chi connectivity index (χ0n) is 11.8. The molecule has 1 heterocycles. The topological polar surface area (TPSA) is 58.4 Å². The monoisotopic (exact) mass is 295 g/mol. The van der Waals surface area contributed by atoms with E-state index in [1.165, 1.54) is 6.42 Å². The van der Waals surface area contributed by atoms with E-state index in [0.717, 1.165) is 18.7 Å². The number of hydrogen-bond donors (Lipinski definition) is 2. The van der Waals surface area contributed by atoms with Crippen LogP contribution in [0.2, 0.25) is 5.02 Å². The van der Waals surface area contributed by atoms with Crippen LogP contribution < -0.4 is 11.1 Å². The molecule has 1 amide bonds. The molecule has 1 aromatic carbocycles. The quantitative estimate of drug-likeness (QED) is 0.896. The minimum Gasteiger partial charge on any atom is -0.329 e. The molecule has 1 aliphatic heterocycles. The van der Waals surface area contributed by atoms with Crippen LogP contribution in [0.4, 0.5) is 5.69 Å². The lowest BCUT2D eigenvalue weighted by Crippen LogP contribution is -2.51. The number of benzene rings is 1. The summed E-state index contributed by atoms with van der Waals surface area (Å²) in [5.41, 5.74) is 6.61. The standard InChI is InChI=1S/C15H22ClN3O/c1-11-3-2-8-19(14(11)9-17)10-15(20)18-13-6-4-12(16)5-7-13/h4-7,11,14H,2-3,8-10,17H2,1H3,(H,18,20). The minimum absolute atomic E-state index is 0.000118.